The molecule has 2 N–H and O–H groups in total. The van der Waals surface area contributed by atoms with E-state index >= 15 is 0 Å². The van der Waals surface area contributed by atoms with Crippen LogP contribution in [0.4, 0.5) is 0 Å². The van der Waals surface area contributed by atoms with Crippen LogP contribution < -0.4 is 0 Å². The molecule has 5 fully saturated rings. The first-order chi connectivity index (χ1) is 26.9. The molecule has 58 heavy (non-hydrogen) atoms. The highest BCUT2D eigenvalue weighted by molar-refractivity contribution is 6.01. The van der Waals surface area contributed by atoms with Gasteiger partial charge in [0, 0.05) is 52.4 Å². The number of aliphatic hydroxyl groups is 2. The zero-order valence-electron chi connectivity index (χ0n) is 34.7. The molecule has 322 valence electrons. The predicted octanol–water partition coefficient (Wildman–Crippen LogP) is 1.22. The lowest BCUT2D eigenvalue weighted by molar-refractivity contribution is -0.342. The zero-order chi connectivity index (χ0) is 43.7. The van der Waals surface area contributed by atoms with Crippen LogP contribution in [-0.4, -0.2) is 126 Å². The molecule has 4 saturated carbocycles. The topological polar surface area (TPSA) is 254 Å². The Labute approximate surface area is 335 Å². The van der Waals surface area contributed by atoms with E-state index in [9.17, 15) is 48.6 Å². The number of epoxide rings is 1. The molecule has 0 bridgehead atoms. The molecule has 5 rings (SSSR count). The molecule has 0 aromatic rings. The molecule has 0 radical (unpaired) electrons. The minimum absolute atomic E-state index is 0.0111. The van der Waals surface area contributed by atoms with Gasteiger partial charge >= 0.3 is 41.8 Å². The van der Waals surface area contributed by atoms with Crippen molar-refractivity contribution in [1.82, 2.24) is 0 Å². The molecule has 2 unspecified atom stereocenters. The molecule has 1 saturated heterocycles. The van der Waals surface area contributed by atoms with Crippen LogP contribution in [0.15, 0.2) is 11.6 Å². The van der Waals surface area contributed by atoms with Crippen molar-refractivity contribution in [1.29, 1.82) is 0 Å². The lowest BCUT2D eigenvalue weighted by atomic mass is 9.32. The van der Waals surface area contributed by atoms with Crippen molar-refractivity contribution in [3.8, 4) is 0 Å². The molecule has 4 aliphatic carbocycles. The number of fused-ring (bicyclic) bond motifs is 7. The van der Waals surface area contributed by atoms with Gasteiger partial charge in [-0.15, -0.1) is 0 Å². The minimum atomic E-state index is -2.32. The van der Waals surface area contributed by atoms with Gasteiger partial charge in [0.15, 0.2) is 24.1 Å². The zero-order valence-corrected chi connectivity index (χ0v) is 34.7. The van der Waals surface area contributed by atoms with Crippen molar-refractivity contribution in [2.75, 3.05) is 20.8 Å². The Hall–Kier alpha value is -4.42. The van der Waals surface area contributed by atoms with Gasteiger partial charge in [-0.3, -0.25) is 33.6 Å². The maximum atomic E-state index is 13.9. The molecule has 0 spiro atoms. The first-order valence-electron chi connectivity index (χ1n) is 19.1. The van der Waals surface area contributed by atoms with Crippen molar-refractivity contribution in [3.05, 3.63) is 11.6 Å². The Morgan fingerprint density at radius 2 is 1.38 bits per heavy atom. The largest absolute Gasteiger partial charge is 0.469 e. The van der Waals surface area contributed by atoms with Gasteiger partial charge in [-0.05, 0) is 38.0 Å². The average Bonchev–Trinajstić information content (AvgIpc) is 3.89. The maximum absolute atomic E-state index is 13.9. The average molecular weight is 823 g/mol. The van der Waals surface area contributed by atoms with Gasteiger partial charge in [0.05, 0.1) is 43.7 Å². The van der Waals surface area contributed by atoms with Crippen molar-refractivity contribution >= 4 is 47.6 Å². The third-order valence-electron chi connectivity index (χ3n) is 14.1. The minimum Gasteiger partial charge on any atom is -0.469 e. The molecule has 18 nitrogen and oxygen atoms in total. The van der Waals surface area contributed by atoms with E-state index < -0.39 is 148 Å². The second-order valence-corrected chi connectivity index (χ2v) is 16.9. The van der Waals surface area contributed by atoms with Gasteiger partial charge < -0.3 is 48.1 Å². The van der Waals surface area contributed by atoms with Crippen LogP contribution in [0.5, 0.6) is 0 Å². The summed E-state index contributed by atoms with van der Waals surface area (Å²) in [4.78, 5) is 106. The maximum Gasteiger partial charge on any atom is 0.342 e. The summed E-state index contributed by atoms with van der Waals surface area (Å²) in [5.41, 5.74) is -11.5. The molecule has 5 aliphatic rings. The highest BCUT2D eigenvalue weighted by Crippen LogP contribution is 2.77. The molecule has 0 amide bonds. The summed E-state index contributed by atoms with van der Waals surface area (Å²) < 4.78 is 46.2. The van der Waals surface area contributed by atoms with Gasteiger partial charge in [-0.2, -0.15) is 0 Å². The Morgan fingerprint density at radius 3 is 1.88 bits per heavy atom. The van der Waals surface area contributed by atoms with Crippen molar-refractivity contribution < 1.29 is 86.5 Å². The highest BCUT2D eigenvalue weighted by Gasteiger charge is 2.92. The van der Waals surface area contributed by atoms with E-state index in [-0.39, 0.29) is 18.4 Å². The van der Waals surface area contributed by atoms with Gasteiger partial charge in [-0.1, -0.05) is 25.5 Å². The standard InChI is InChI=1S/C40H54O18/c1-18(53-19(2)42)38(17-41)25(12-13-27(48)51-10)35(7)15-14-26-36(8,29(35)28(54-20(3)43)31(38)55-21(4)44)32(56-22(5)45)33(57-23(6)46)37(9)39(26,50)16-24(47)30-40(37,58-30)34(49)52-11/h12,18,26,28-33,41,50H,13-17H2,1-11H3/b25-12+/t18?,26-,28+,29+,30?,31+,32-,33+,35+,36+,37-,38-,39-,40+/m1/s1. The molecular weight excluding hydrogens is 768 g/mol. The Bertz CT molecular complexity index is 1820. The Balaban J connectivity index is 1.96. The number of methoxy groups -OCH3 is 2. The molecule has 1 heterocycles. The molecular formula is C40H54O18. The number of aliphatic hydroxyl groups excluding tert-OH is 1. The van der Waals surface area contributed by atoms with Crippen LogP contribution in [0, 0.1) is 33.5 Å². The van der Waals surface area contributed by atoms with E-state index in [1.807, 2.05) is 0 Å². The fraction of sp³-hybridized carbons (Fsp3) is 0.750. The predicted molar refractivity (Wildman–Crippen MR) is 192 cm³/mol. The fourth-order valence-corrected chi connectivity index (χ4v) is 12.1. The van der Waals surface area contributed by atoms with Gasteiger partial charge in [0.2, 0.25) is 5.60 Å². The summed E-state index contributed by atoms with van der Waals surface area (Å²) in [5, 5.41) is 25.1. The summed E-state index contributed by atoms with van der Waals surface area (Å²) >= 11 is 0. The molecule has 18 heteroatoms. The van der Waals surface area contributed by atoms with Gasteiger partial charge in [0.1, 0.15) is 18.3 Å². The van der Waals surface area contributed by atoms with E-state index in [1.54, 1.807) is 13.8 Å². The number of hydrogen-bond donors (Lipinski definition) is 2. The lowest BCUT2D eigenvalue weighted by Crippen LogP contribution is -2.84. The van der Waals surface area contributed by atoms with Crippen molar-refractivity contribution in [3.63, 3.8) is 0 Å². The van der Waals surface area contributed by atoms with Crippen molar-refractivity contribution in [2.45, 2.75) is 136 Å². The molecule has 1 aliphatic heterocycles. The summed E-state index contributed by atoms with van der Waals surface area (Å²) in [6.07, 6.45) is -9.10. The number of rotatable bonds is 10. The number of ketones is 1. The van der Waals surface area contributed by atoms with Gasteiger partial charge in [0.25, 0.3) is 0 Å². The third kappa shape index (κ3) is 6.06. The van der Waals surface area contributed by atoms with Gasteiger partial charge in [-0.25, -0.2) is 4.79 Å². The van der Waals surface area contributed by atoms with Crippen LogP contribution in [0.3, 0.4) is 0 Å². The van der Waals surface area contributed by atoms with Crippen LogP contribution in [0.25, 0.3) is 0 Å². The fourth-order valence-electron chi connectivity index (χ4n) is 12.1. The SMILES string of the molecule is COC(=O)C/C=C1\[C@]2(C)CC[C@@H]3[C@](C)([C@H](OC(C)=O)[C@H](OC(C)=O)[C@@]4(C)[C@]5(C(=O)OC)OC5C(=O)C[C@@]34O)[C@H]2[C@H](OC(C)=O)[C@H](OC(C)=O)[C@]1(CO)C(C)OC(C)=O. The number of hydrogen-bond acceptors (Lipinski definition) is 18. The van der Waals surface area contributed by atoms with E-state index in [1.165, 1.54) is 19.9 Å². The van der Waals surface area contributed by atoms with Crippen LogP contribution in [0.2, 0.25) is 0 Å². The summed E-state index contributed by atoms with van der Waals surface area (Å²) in [7, 11) is 2.23. The monoisotopic (exact) mass is 822 g/mol. The third-order valence-corrected chi connectivity index (χ3v) is 14.1. The van der Waals surface area contributed by atoms with E-state index in [4.69, 9.17) is 37.9 Å². The summed E-state index contributed by atoms with van der Waals surface area (Å²) in [6.45, 7) is 10.7. The number of carbonyl (C=O) groups is 8. The number of ether oxygens (including phenoxy) is 8. The van der Waals surface area contributed by atoms with E-state index in [0.717, 1.165) is 48.8 Å². The normalized spacial score (nSPS) is 42.1. The lowest BCUT2D eigenvalue weighted by Gasteiger charge is -2.73. The summed E-state index contributed by atoms with van der Waals surface area (Å²) in [6, 6.07) is 0. The number of carbonyl (C=O) groups excluding carboxylic acids is 8. The summed E-state index contributed by atoms with van der Waals surface area (Å²) in [5.74, 6) is -9.28. The van der Waals surface area contributed by atoms with Crippen LogP contribution in [0.1, 0.15) is 88.0 Å². The molecule has 14 atom stereocenters. The van der Waals surface area contributed by atoms with Crippen molar-refractivity contribution in [2.24, 2.45) is 33.5 Å². The Kier molecular flexibility index (Phi) is 11.6. The van der Waals surface area contributed by atoms with E-state index in [2.05, 4.69) is 0 Å². The van der Waals surface area contributed by atoms with Crippen LogP contribution in [-0.2, 0) is 76.3 Å². The van der Waals surface area contributed by atoms with Crippen LogP contribution >= 0.6 is 0 Å². The molecule has 0 aromatic carbocycles. The first-order valence-corrected chi connectivity index (χ1v) is 19.1. The Morgan fingerprint density at radius 1 is 0.828 bits per heavy atom. The number of esters is 7. The molecule has 0 aromatic heterocycles. The second-order valence-electron chi connectivity index (χ2n) is 16.9. The highest BCUT2D eigenvalue weighted by atomic mass is 16.7. The quantitative estimate of drug-likeness (QED) is 0.136. The smallest absolute Gasteiger partial charge is 0.342 e. The van der Waals surface area contributed by atoms with E-state index in [0.29, 0.717) is 0 Å². The number of Topliss-reactive ketones (excluding diaryl/α,β-unsaturated/α-hetero) is 1. The first kappa shape index (κ1) is 44.7. The second kappa shape index (κ2) is 15.0.